The van der Waals surface area contributed by atoms with Crippen LogP contribution in [0.15, 0.2) is 0 Å². The maximum Gasteiger partial charge on any atom is 0.0402 e. The second kappa shape index (κ2) is 75.5. The van der Waals surface area contributed by atoms with E-state index in [1.807, 2.05) is 0 Å². The molecule has 0 atom stereocenters. The van der Waals surface area contributed by atoms with Crippen LogP contribution >= 0.6 is 0 Å². The van der Waals surface area contributed by atoms with Crippen LogP contribution in [0.1, 0.15) is 20.8 Å². The third-order valence-electron chi connectivity index (χ3n) is 0. The van der Waals surface area contributed by atoms with Crippen molar-refractivity contribution in [3.8, 4) is 0 Å². The summed E-state index contributed by atoms with van der Waals surface area (Å²) < 4.78 is 0. The van der Waals surface area contributed by atoms with Crippen LogP contribution in [0.3, 0.4) is 0 Å². The molecule has 0 saturated heterocycles. The number of aliphatic hydroxyl groups is 3. The van der Waals surface area contributed by atoms with Crippen molar-refractivity contribution in [2.24, 2.45) is 0 Å². The van der Waals surface area contributed by atoms with Crippen LogP contribution in [-0.2, 0) is 21.7 Å². The van der Waals surface area contributed by atoms with Crippen molar-refractivity contribution < 1.29 is 37.0 Å². The van der Waals surface area contributed by atoms with Gasteiger partial charge < -0.3 is 22.7 Å². The molecule has 3 nitrogen and oxygen atoms in total. The van der Waals surface area contributed by atoms with Crippen molar-refractivity contribution in [3.63, 3.8) is 0 Å². The molecule has 0 aromatic carbocycles. The van der Waals surface area contributed by atoms with Crippen LogP contribution in [0.2, 0.25) is 0 Å². The fourth-order valence-electron chi connectivity index (χ4n) is 0. The van der Waals surface area contributed by atoms with E-state index in [9.17, 15) is 0 Å². The molecule has 0 bridgehead atoms. The molecule has 72 valence electrons. The Hall–Kier alpha value is 0.594. The SMILES string of the molecule is CCO.CCO.CCO.[CH3-].[Ti]. The minimum Gasteiger partial charge on any atom is -0.397 e. The van der Waals surface area contributed by atoms with Gasteiger partial charge in [0.25, 0.3) is 0 Å². The topological polar surface area (TPSA) is 60.7 Å². The van der Waals surface area contributed by atoms with E-state index in [0.29, 0.717) is 0 Å². The first-order valence-electron chi connectivity index (χ1n) is 3.07. The molecule has 0 aliphatic rings. The zero-order chi connectivity index (χ0) is 8.12. The number of hydrogen-bond acceptors (Lipinski definition) is 3. The first-order valence-corrected chi connectivity index (χ1v) is 3.07. The van der Waals surface area contributed by atoms with Gasteiger partial charge >= 0.3 is 0 Å². The second-order valence-corrected chi connectivity index (χ2v) is 0.949. The van der Waals surface area contributed by atoms with E-state index < -0.39 is 0 Å². The third-order valence-corrected chi connectivity index (χ3v) is 0. The Bertz CT molecular complexity index is 18.4. The summed E-state index contributed by atoms with van der Waals surface area (Å²) in [6.07, 6.45) is 0. The van der Waals surface area contributed by atoms with Crippen LogP contribution < -0.4 is 0 Å². The van der Waals surface area contributed by atoms with Gasteiger partial charge in [-0.25, -0.2) is 0 Å². The predicted molar refractivity (Wildman–Crippen MR) is 44.7 cm³/mol. The number of hydrogen-bond donors (Lipinski definition) is 3. The molecule has 0 aliphatic heterocycles. The van der Waals surface area contributed by atoms with Crippen molar-refractivity contribution in [1.29, 1.82) is 0 Å². The first kappa shape index (κ1) is 29.9. The average Bonchev–Trinajstić information content (AvgIpc) is 1.70. The molecule has 3 N–H and O–H groups in total. The van der Waals surface area contributed by atoms with Gasteiger partial charge in [0.2, 0.25) is 0 Å². The molecule has 4 heteroatoms. The summed E-state index contributed by atoms with van der Waals surface area (Å²) in [4.78, 5) is 0. The summed E-state index contributed by atoms with van der Waals surface area (Å²) in [7, 11) is 0. The van der Waals surface area contributed by atoms with Crippen LogP contribution in [0.4, 0.5) is 0 Å². The second-order valence-electron chi connectivity index (χ2n) is 0.949. The van der Waals surface area contributed by atoms with E-state index in [2.05, 4.69) is 0 Å². The first-order chi connectivity index (χ1) is 4.24. The monoisotopic (exact) mass is 201 g/mol. The Labute approximate surface area is 85.3 Å². The van der Waals surface area contributed by atoms with Crippen LogP contribution in [0.5, 0.6) is 0 Å². The van der Waals surface area contributed by atoms with Gasteiger partial charge in [-0.3, -0.25) is 0 Å². The molecule has 0 fully saturated rings. The van der Waals surface area contributed by atoms with Crippen molar-refractivity contribution in [2.45, 2.75) is 20.8 Å². The van der Waals surface area contributed by atoms with E-state index >= 15 is 0 Å². The molecule has 0 saturated carbocycles. The summed E-state index contributed by atoms with van der Waals surface area (Å²) in [5.74, 6) is 0. The standard InChI is InChI=1S/3C2H6O.CH3.Ti/c3*1-2-3;;/h3*3H,2H2,1H3;1H3;/q;;;-1;. The van der Waals surface area contributed by atoms with E-state index in [1.54, 1.807) is 20.8 Å². The van der Waals surface area contributed by atoms with E-state index in [4.69, 9.17) is 15.3 Å². The summed E-state index contributed by atoms with van der Waals surface area (Å²) >= 11 is 0. The maximum atomic E-state index is 7.57. The molecule has 0 heterocycles. The fraction of sp³-hybridized carbons (Fsp3) is 0.857. The molecular formula is C7H21O3Ti-. The van der Waals surface area contributed by atoms with Gasteiger partial charge in [0, 0.05) is 41.5 Å². The Balaban J connectivity index is -0.0000000150. The summed E-state index contributed by atoms with van der Waals surface area (Å²) in [6, 6.07) is 0. The van der Waals surface area contributed by atoms with Crippen molar-refractivity contribution in [1.82, 2.24) is 0 Å². The molecule has 0 spiro atoms. The molecule has 0 aliphatic carbocycles. The van der Waals surface area contributed by atoms with Crippen molar-refractivity contribution in [3.05, 3.63) is 7.43 Å². The van der Waals surface area contributed by atoms with Crippen LogP contribution in [0.25, 0.3) is 0 Å². The van der Waals surface area contributed by atoms with Gasteiger partial charge in [-0.05, 0) is 20.8 Å². The molecule has 0 aromatic rings. The molecule has 11 heavy (non-hydrogen) atoms. The molecule has 0 amide bonds. The smallest absolute Gasteiger partial charge is 0.0402 e. The van der Waals surface area contributed by atoms with E-state index in [-0.39, 0.29) is 49.0 Å². The quantitative estimate of drug-likeness (QED) is 0.393. The van der Waals surface area contributed by atoms with Crippen molar-refractivity contribution >= 4 is 0 Å². The molecule has 0 unspecified atom stereocenters. The minimum atomic E-state index is 0. The number of rotatable bonds is 0. The Kier molecular flexibility index (Phi) is 205. The Morgan fingerprint density at radius 2 is 0.727 bits per heavy atom. The largest absolute Gasteiger partial charge is 0.397 e. The zero-order valence-electron chi connectivity index (χ0n) is 7.96. The molecule has 0 rings (SSSR count). The summed E-state index contributed by atoms with van der Waals surface area (Å²) in [5, 5.41) is 22.7. The normalized spacial score (nSPS) is 4.91. The van der Waals surface area contributed by atoms with E-state index in [1.165, 1.54) is 0 Å². The maximum absolute atomic E-state index is 7.57. The summed E-state index contributed by atoms with van der Waals surface area (Å²) in [6.45, 7) is 5.79. The van der Waals surface area contributed by atoms with Gasteiger partial charge in [0.1, 0.15) is 0 Å². The van der Waals surface area contributed by atoms with Crippen LogP contribution in [0, 0.1) is 7.43 Å². The van der Waals surface area contributed by atoms with Gasteiger partial charge in [-0.2, -0.15) is 0 Å². The molecule has 0 aromatic heterocycles. The Morgan fingerprint density at radius 3 is 0.727 bits per heavy atom. The number of aliphatic hydroxyl groups excluding tert-OH is 3. The predicted octanol–water partition coefficient (Wildman–Crippen LogP) is 0.444. The van der Waals surface area contributed by atoms with Crippen molar-refractivity contribution in [2.75, 3.05) is 19.8 Å². The molecular weight excluding hydrogens is 180 g/mol. The zero-order valence-corrected chi connectivity index (χ0v) is 9.52. The Morgan fingerprint density at radius 1 is 0.727 bits per heavy atom. The third kappa shape index (κ3) is 2220. The van der Waals surface area contributed by atoms with E-state index in [0.717, 1.165) is 0 Å². The fourth-order valence-corrected chi connectivity index (χ4v) is 0. The van der Waals surface area contributed by atoms with Gasteiger partial charge in [-0.15, -0.1) is 0 Å². The van der Waals surface area contributed by atoms with Gasteiger partial charge in [-0.1, -0.05) is 0 Å². The average molecular weight is 201 g/mol. The molecule has 0 radical (unpaired) electrons. The summed E-state index contributed by atoms with van der Waals surface area (Å²) in [5.41, 5.74) is 0. The van der Waals surface area contributed by atoms with Gasteiger partial charge in [0.05, 0.1) is 0 Å². The van der Waals surface area contributed by atoms with Crippen LogP contribution in [-0.4, -0.2) is 35.1 Å². The minimum absolute atomic E-state index is 0. The van der Waals surface area contributed by atoms with Gasteiger partial charge in [0.15, 0.2) is 0 Å².